The molecule has 0 aromatic heterocycles. The van der Waals surface area contributed by atoms with E-state index in [0.717, 1.165) is 5.56 Å². The lowest BCUT2D eigenvalue weighted by Crippen LogP contribution is -2.00. The Morgan fingerprint density at radius 2 is 2.05 bits per heavy atom. The zero-order valence-electron chi connectivity index (χ0n) is 11.6. The number of ether oxygens (including phenoxy) is 1. The lowest BCUT2D eigenvalue weighted by molar-refractivity contribution is 0.0601. The number of halogens is 1. The normalized spacial score (nSPS) is 10.8. The molecule has 0 saturated carbocycles. The highest BCUT2D eigenvalue weighted by atomic mass is 35.5. The largest absolute Gasteiger partial charge is 0.507 e. The van der Waals surface area contributed by atoms with Gasteiger partial charge in [0.15, 0.2) is 0 Å². The summed E-state index contributed by atoms with van der Waals surface area (Å²) in [5.74, 6) is -0.332. The van der Waals surface area contributed by atoms with Gasteiger partial charge in [0.05, 0.1) is 18.4 Å². The van der Waals surface area contributed by atoms with Gasteiger partial charge in [-0.05, 0) is 42.8 Å². The zero-order chi connectivity index (χ0) is 15.4. The van der Waals surface area contributed by atoms with E-state index >= 15 is 0 Å². The molecule has 2 rings (SSSR count). The molecule has 5 heteroatoms. The van der Waals surface area contributed by atoms with E-state index in [1.54, 1.807) is 30.3 Å². The number of nitrogens with zero attached hydrogens (tertiary/aromatic N) is 1. The third-order valence-corrected chi connectivity index (χ3v) is 3.20. The summed E-state index contributed by atoms with van der Waals surface area (Å²) in [5, 5.41) is 10.2. The molecule has 1 N–H and O–H groups in total. The first-order valence-electron chi connectivity index (χ1n) is 6.23. The van der Waals surface area contributed by atoms with Crippen molar-refractivity contribution in [2.24, 2.45) is 4.99 Å². The smallest absolute Gasteiger partial charge is 0.337 e. The Balaban J connectivity index is 2.36. The van der Waals surface area contributed by atoms with E-state index in [0.29, 0.717) is 21.8 Å². The third-order valence-electron chi connectivity index (χ3n) is 2.96. The number of hydrogen-bond acceptors (Lipinski definition) is 4. The molecule has 0 unspecified atom stereocenters. The van der Waals surface area contributed by atoms with Crippen LogP contribution in [-0.4, -0.2) is 24.4 Å². The Kier molecular flexibility index (Phi) is 4.60. The fourth-order valence-electron chi connectivity index (χ4n) is 1.76. The van der Waals surface area contributed by atoms with Crippen LogP contribution in [0.1, 0.15) is 21.5 Å². The second-order valence-electron chi connectivity index (χ2n) is 4.45. The third kappa shape index (κ3) is 3.61. The Morgan fingerprint density at radius 3 is 2.76 bits per heavy atom. The van der Waals surface area contributed by atoms with Gasteiger partial charge in [0, 0.05) is 16.8 Å². The van der Waals surface area contributed by atoms with Crippen molar-refractivity contribution >= 4 is 29.5 Å². The average Bonchev–Trinajstić information content (AvgIpc) is 2.48. The van der Waals surface area contributed by atoms with Gasteiger partial charge >= 0.3 is 5.97 Å². The van der Waals surface area contributed by atoms with Gasteiger partial charge in [0.2, 0.25) is 0 Å². The van der Waals surface area contributed by atoms with E-state index < -0.39 is 5.97 Å². The molecule has 0 fully saturated rings. The maximum atomic E-state index is 11.5. The predicted molar refractivity (Wildman–Crippen MR) is 82.9 cm³/mol. The van der Waals surface area contributed by atoms with E-state index in [2.05, 4.69) is 9.73 Å². The van der Waals surface area contributed by atoms with Gasteiger partial charge in [-0.3, -0.25) is 4.99 Å². The van der Waals surface area contributed by atoms with Crippen LogP contribution >= 0.6 is 11.6 Å². The predicted octanol–water partition coefficient (Wildman–Crippen LogP) is 3.89. The summed E-state index contributed by atoms with van der Waals surface area (Å²) in [7, 11) is 1.33. The molecule has 0 spiro atoms. The maximum Gasteiger partial charge on any atom is 0.337 e. The number of aryl methyl sites for hydroxylation is 1. The second-order valence-corrected chi connectivity index (χ2v) is 4.89. The summed E-state index contributed by atoms with van der Waals surface area (Å²) in [6, 6.07) is 9.81. The van der Waals surface area contributed by atoms with Gasteiger partial charge in [-0.2, -0.15) is 0 Å². The van der Waals surface area contributed by atoms with E-state index in [-0.39, 0.29) is 5.75 Å². The Morgan fingerprint density at radius 1 is 1.29 bits per heavy atom. The van der Waals surface area contributed by atoms with Gasteiger partial charge < -0.3 is 9.84 Å². The summed E-state index contributed by atoms with van der Waals surface area (Å²) in [4.78, 5) is 15.8. The average molecular weight is 304 g/mol. The van der Waals surface area contributed by atoms with Crippen LogP contribution in [0.15, 0.2) is 41.4 Å². The lowest BCUT2D eigenvalue weighted by atomic mass is 10.1. The topological polar surface area (TPSA) is 58.9 Å². The Labute approximate surface area is 127 Å². The lowest BCUT2D eigenvalue weighted by Gasteiger charge is -2.04. The number of methoxy groups -OCH3 is 1. The molecule has 0 saturated heterocycles. The van der Waals surface area contributed by atoms with Crippen molar-refractivity contribution in [3.8, 4) is 5.75 Å². The number of carbonyl (C=O) groups is 1. The number of phenols is 1. The number of rotatable bonds is 3. The molecule has 0 bridgehead atoms. The molecule has 0 aliphatic rings. The first kappa shape index (κ1) is 15.1. The molecule has 2 aromatic carbocycles. The molecule has 0 aliphatic heterocycles. The highest BCUT2D eigenvalue weighted by molar-refractivity contribution is 6.30. The maximum absolute atomic E-state index is 11.5. The summed E-state index contributed by atoms with van der Waals surface area (Å²) in [6.07, 6.45) is 1.50. The molecular formula is C16H14ClNO3. The van der Waals surface area contributed by atoms with Crippen LogP contribution in [-0.2, 0) is 4.74 Å². The monoisotopic (exact) mass is 303 g/mol. The van der Waals surface area contributed by atoms with Crippen LogP contribution in [0, 0.1) is 6.92 Å². The first-order chi connectivity index (χ1) is 10.0. The summed E-state index contributed by atoms with van der Waals surface area (Å²) < 4.78 is 4.68. The van der Waals surface area contributed by atoms with Gasteiger partial charge in [0.1, 0.15) is 5.75 Å². The second kappa shape index (κ2) is 6.41. The number of hydrogen-bond donors (Lipinski definition) is 1. The number of benzene rings is 2. The highest BCUT2D eigenvalue weighted by Gasteiger charge is 2.07. The number of phenolic OH excluding ortho intramolecular Hbond substituents is 1. The molecule has 108 valence electrons. The van der Waals surface area contributed by atoms with Crippen LogP contribution in [0.4, 0.5) is 5.69 Å². The van der Waals surface area contributed by atoms with Crippen LogP contribution < -0.4 is 0 Å². The van der Waals surface area contributed by atoms with Crippen molar-refractivity contribution < 1.29 is 14.6 Å². The Bertz CT molecular complexity index is 711. The van der Waals surface area contributed by atoms with Crippen molar-refractivity contribution in [3.05, 3.63) is 58.1 Å². The number of carbonyl (C=O) groups excluding carboxylic acids is 1. The van der Waals surface area contributed by atoms with Gasteiger partial charge in [-0.25, -0.2) is 4.79 Å². The molecule has 2 aromatic rings. The van der Waals surface area contributed by atoms with Crippen LogP contribution in [0.5, 0.6) is 5.75 Å². The summed E-state index contributed by atoms with van der Waals surface area (Å²) in [6.45, 7) is 1.88. The van der Waals surface area contributed by atoms with E-state index in [4.69, 9.17) is 11.6 Å². The molecule has 0 amide bonds. The van der Waals surface area contributed by atoms with Crippen LogP contribution in [0.25, 0.3) is 0 Å². The molecular weight excluding hydrogens is 290 g/mol. The molecule has 21 heavy (non-hydrogen) atoms. The fourth-order valence-corrected chi connectivity index (χ4v) is 1.94. The Hall–Kier alpha value is -2.33. The molecule has 4 nitrogen and oxygen atoms in total. The van der Waals surface area contributed by atoms with Crippen molar-refractivity contribution in [1.82, 2.24) is 0 Å². The van der Waals surface area contributed by atoms with Crippen molar-refractivity contribution in [2.45, 2.75) is 6.92 Å². The molecule has 0 aliphatic carbocycles. The summed E-state index contributed by atoms with van der Waals surface area (Å²) in [5.41, 5.74) is 2.45. The number of aromatic hydroxyl groups is 1. The van der Waals surface area contributed by atoms with Crippen molar-refractivity contribution in [3.63, 3.8) is 0 Å². The minimum atomic E-state index is -0.419. The quantitative estimate of drug-likeness (QED) is 0.691. The SMILES string of the molecule is COC(=O)c1ccc(C)c(N=Cc2cc(Cl)ccc2O)c1. The van der Waals surface area contributed by atoms with Crippen molar-refractivity contribution in [1.29, 1.82) is 0 Å². The van der Waals surface area contributed by atoms with E-state index in [1.165, 1.54) is 19.4 Å². The number of aliphatic imine (C=N–C) groups is 1. The molecule has 0 heterocycles. The zero-order valence-corrected chi connectivity index (χ0v) is 12.4. The first-order valence-corrected chi connectivity index (χ1v) is 6.60. The molecule has 0 atom stereocenters. The van der Waals surface area contributed by atoms with E-state index in [9.17, 15) is 9.90 Å². The minimum absolute atomic E-state index is 0.0879. The van der Waals surface area contributed by atoms with Gasteiger partial charge in [0.25, 0.3) is 0 Å². The molecule has 0 radical (unpaired) electrons. The number of esters is 1. The van der Waals surface area contributed by atoms with Crippen LogP contribution in [0.2, 0.25) is 5.02 Å². The standard InChI is InChI=1S/C16H14ClNO3/c1-10-3-4-11(16(20)21-2)8-14(10)18-9-12-7-13(17)5-6-15(12)19/h3-9,19H,1-2H3. The van der Waals surface area contributed by atoms with Crippen LogP contribution in [0.3, 0.4) is 0 Å². The van der Waals surface area contributed by atoms with Gasteiger partial charge in [-0.1, -0.05) is 17.7 Å². The summed E-state index contributed by atoms with van der Waals surface area (Å²) >= 11 is 5.88. The fraction of sp³-hybridized carbons (Fsp3) is 0.125. The van der Waals surface area contributed by atoms with E-state index in [1.807, 2.05) is 6.92 Å². The highest BCUT2D eigenvalue weighted by Crippen LogP contribution is 2.23. The van der Waals surface area contributed by atoms with Crippen molar-refractivity contribution in [2.75, 3.05) is 7.11 Å². The van der Waals surface area contributed by atoms with Gasteiger partial charge in [-0.15, -0.1) is 0 Å². The minimum Gasteiger partial charge on any atom is -0.507 e.